The highest BCUT2D eigenvalue weighted by atomic mass is 31.2. The molecule has 0 aliphatic rings. The molecule has 0 aliphatic carbocycles. The van der Waals surface area contributed by atoms with Gasteiger partial charge >= 0.3 is 13.7 Å². The Balaban J connectivity index is 2.78. The van der Waals surface area contributed by atoms with Gasteiger partial charge in [-0.05, 0) is 39.3 Å². The fraction of sp³-hybridized carbons (Fsp3) is 0.533. The normalized spacial score (nSPS) is 15.1. The summed E-state index contributed by atoms with van der Waals surface area (Å²) in [4.78, 5) is 11.8. The third kappa shape index (κ3) is 6.60. The summed E-state index contributed by atoms with van der Waals surface area (Å²) in [6.45, 7) is 7.20. The molecule has 0 radical (unpaired) electrons. The molecule has 0 heterocycles. The van der Waals surface area contributed by atoms with Crippen LogP contribution >= 0.6 is 7.75 Å². The van der Waals surface area contributed by atoms with E-state index in [1.54, 1.807) is 45.0 Å². The van der Waals surface area contributed by atoms with E-state index in [9.17, 15) is 9.36 Å². The largest absolute Gasteiger partial charge is 0.462 e. The molecule has 0 saturated heterocycles. The minimum Gasteiger partial charge on any atom is -0.462 e. The number of carbonyl (C=O) groups excluding carboxylic acids is 1. The molecule has 6 nitrogen and oxygen atoms in total. The van der Waals surface area contributed by atoms with E-state index in [1.165, 1.54) is 0 Å². The quantitative estimate of drug-likeness (QED) is 0.552. The second-order valence-corrected chi connectivity index (χ2v) is 6.77. The molecule has 0 amide bonds. The Hall–Kier alpha value is -1.36. The van der Waals surface area contributed by atoms with Crippen LogP contribution in [-0.4, -0.2) is 24.7 Å². The number of hydrogen-bond donors (Lipinski definition) is 1. The third-order valence-corrected chi connectivity index (χ3v) is 4.17. The van der Waals surface area contributed by atoms with Crippen molar-refractivity contribution in [2.75, 3.05) is 6.61 Å². The molecular weight excluding hydrogens is 305 g/mol. The molecule has 1 aromatic carbocycles. The highest BCUT2D eigenvalue weighted by Gasteiger charge is 2.32. The Morgan fingerprint density at radius 1 is 1.23 bits per heavy atom. The molecular formula is C15H24NO5P. The smallest absolute Gasteiger partial charge is 0.459 e. The molecule has 0 fully saturated rings. The molecule has 7 heteroatoms. The molecule has 124 valence electrons. The average molecular weight is 329 g/mol. The van der Waals surface area contributed by atoms with Crippen molar-refractivity contribution >= 4 is 13.7 Å². The first-order valence-electron chi connectivity index (χ1n) is 7.34. The van der Waals surface area contributed by atoms with Gasteiger partial charge in [-0.1, -0.05) is 25.1 Å². The molecule has 0 aromatic heterocycles. The number of para-hydroxylation sites is 1. The molecule has 1 unspecified atom stereocenters. The molecule has 1 N–H and O–H groups in total. The van der Waals surface area contributed by atoms with Crippen LogP contribution in [0.2, 0.25) is 0 Å². The number of esters is 1. The van der Waals surface area contributed by atoms with Gasteiger partial charge in [-0.25, -0.2) is 4.57 Å². The fourth-order valence-electron chi connectivity index (χ4n) is 1.55. The number of ether oxygens (including phenoxy) is 1. The Morgan fingerprint density at radius 3 is 2.41 bits per heavy atom. The lowest BCUT2D eigenvalue weighted by Crippen LogP contribution is -2.36. The minimum atomic E-state index is -3.66. The third-order valence-electron chi connectivity index (χ3n) is 2.49. The molecule has 0 bridgehead atoms. The number of carbonyl (C=O) groups is 1. The lowest BCUT2D eigenvalue weighted by atomic mass is 10.3. The van der Waals surface area contributed by atoms with E-state index in [1.807, 2.05) is 13.0 Å². The predicted octanol–water partition coefficient (Wildman–Crippen LogP) is 3.53. The summed E-state index contributed by atoms with van der Waals surface area (Å²) < 4.78 is 28.6. The summed E-state index contributed by atoms with van der Waals surface area (Å²) in [5.74, 6) is -0.106. The van der Waals surface area contributed by atoms with Crippen molar-refractivity contribution in [3.63, 3.8) is 0 Å². The van der Waals surface area contributed by atoms with Gasteiger partial charge in [0.05, 0.1) is 12.7 Å². The number of benzene rings is 1. The van der Waals surface area contributed by atoms with Crippen LogP contribution in [0.25, 0.3) is 0 Å². The molecule has 2 atom stereocenters. The minimum absolute atomic E-state index is 0.247. The molecule has 1 aromatic rings. The topological polar surface area (TPSA) is 73.9 Å². The zero-order chi connectivity index (χ0) is 16.6. The SMILES string of the molecule is CCCOP(=O)(N[C@@H](C)C(=O)OC(C)C)Oc1ccccc1. The van der Waals surface area contributed by atoms with Gasteiger partial charge < -0.3 is 9.26 Å². The van der Waals surface area contributed by atoms with Gasteiger partial charge in [-0.15, -0.1) is 0 Å². The monoisotopic (exact) mass is 329 g/mol. The second-order valence-electron chi connectivity index (χ2n) is 5.07. The van der Waals surface area contributed by atoms with E-state index in [0.29, 0.717) is 12.2 Å². The average Bonchev–Trinajstić information content (AvgIpc) is 2.45. The van der Waals surface area contributed by atoms with E-state index in [4.69, 9.17) is 13.8 Å². The molecule has 0 spiro atoms. The van der Waals surface area contributed by atoms with Gasteiger partial charge in [0.1, 0.15) is 11.8 Å². The van der Waals surface area contributed by atoms with Crippen LogP contribution in [0.5, 0.6) is 5.75 Å². The number of hydrogen-bond acceptors (Lipinski definition) is 5. The Kier molecular flexibility index (Phi) is 7.59. The first-order valence-corrected chi connectivity index (χ1v) is 8.88. The van der Waals surface area contributed by atoms with Gasteiger partial charge in [0.2, 0.25) is 0 Å². The van der Waals surface area contributed by atoms with Crippen LogP contribution in [0.4, 0.5) is 0 Å². The Bertz CT molecular complexity index is 506. The first-order chi connectivity index (χ1) is 10.4. The van der Waals surface area contributed by atoms with Gasteiger partial charge in [0.15, 0.2) is 0 Å². The van der Waals surface area contributed by atoms with Gasteiger partial charge in [-0.3, -0.25) is 9.32 Å². The standard InChI is InChI=1S/C15H24NO5P/c1-5-11-19-22(18,21-14-9-7-6-8-10-14)16-13(4)15(17)20-12(2)3/h6-10,12-13H,5,11H2,1-4H3,(H,16,18)/t13-,22?/m0/s1. The zero-order valence-corrected chi connectivity index (χ0v) is 14.3. The van der Waals surface area contributed by atoms with E-state index < -0.39 is 19.8 Å². The lowest BCUT2D eigenvalue weighted by Gasteiger charge is -2.23. The maximum absolute atomic E-state index is 12.8. The molecule has 0 saturated carbocycles. The maximum atomic E-state index is 12.8. The summed E-state index contributed by atoms with van der Waals surface area (Å²) in [7, 11) is -3.66. The molecule has 1 rings (SSSR count). The van der Waals surface area contributed by atoms with Crippen LogP contribution in [0.15, 0.2) is 30.3 Å². The van der Waals surface area contributed by atoms with Crippen LogP contribution in [0.3, 0.4) is 0 Å². The summed E-state index contributed by atoms with van der Waals surface area (Å²) in [6.07, 6.45) is 0.428. The summed E-state index contributed by atoms with van der Waals surface area (Å²) in [6, 6.07) is 7.86. The number of nitrogens with one attached hydrogen (secondary N) is 1. The first kappa shape index (κ1) is 18.7. The van der Waals surface area contributed by atoms with Crippen molar-refractivity contribution in [3.8, 4) is 5.75 Å². The summed E-state index contributed by atoms with van der Waals surface area (Å²) in [5, 5.41) is 2.62. The van der Waals surface area contributed by atoms with Crippen molar-refractivity contribution in [1.29, 1.82) is 0 Å². The molecule has 22 heavy (non-hydrogen) atoms. The highest BCUT2D eigenvalue weighted by Crippen LogP contribution is 2.44. The van der Waals surface area contributed by atoms with Crippen LogP contribution in [-0.2, 0) is 18.6 Å². The van der Waals surface area contributed by atoms with E-state index in [-0.39, 0.29) is 12.7 Å². The van der Waals surface area contributed by atoms with Crippen molar-refractivity contribution in [2.45, 2.75) is 46.3 Å². The van der Waals surface area contributed by atoms with E-state index >= 15 is 0 Å². The zero-order valence-electron chi connectivity index (χ0n) is 13.4. The van der Waals surface area contributed by atoms with Crippen molar-refractivity contribution < 1.29 is 23.1 Å². The fourth-order valence-corrected chi connectivity index (χ4v) is 3.13. The van der Waals surface area contributed by atoms with Crippen molar-refractivity contribution in [1.82, 2.24) is 5.09 Å². The van der Waals surface area contributed by atoms with Crippen LogP contribution in [0.1, 0.15) is 34.1 Å². The van der Waals surface area contributed by atoms with Gasteiger partial charge in [-0.2, -0.15) is 5.09 Å². The Labute approximate surface area is 131 Å². The lowest BCUT2D eigenvalue weighted by molar-refractivity contribution is -0.149. The summed E-state index contributed by atoms with van der Waals surface area (Å²) in [5.41, 5.74) is 0. The van der Waals surface area contributed by atoms with Crippen LogP contribution in [0, 0.1) is 0 Å². The van der Waals surface area contributed by atoms with Gasteiger partial charge in [0.25, 0.3) is 0 Å². The summed E-state index contributed by atoms with van der Waals surface area (Å²) >= 11 is 0. The van der Waals surface area contributed by atoms with Crippen molar-refractivity contribution in [3.05, 3.63) is 30.3 Å². The van der Waals surface area contributed by atoms with Gasteiger partial charge in [0, 0.05) is 0 Å². The van der Waals surface area contributed by atoms with Crippen LogP contribution < -0.4 is 9.61 Å². The second kappa shape index (κ2) is 8.93. The maximum Gasteiger partial charge on any atom is 0.459 e. The molecule has 0 aliphatic heterocycles. The van der Waals surface area contributed by atoms with Crippen molar-refractivity contribution in [2.24, 2.45) is 0 Å². The Morgan fingerprint density at radius 2 is 1.86 bits per heavy atom. The highest BCUT2D eigenvalue weighted by molar-refractivity contribution is 7.52. The van der Waals surface area contributed by atoms with E-state index in [0.717, 1.165) is 0 Å². The number of rotatable bonds is 9. The van der Waals surface area contributed by atoms with E-state index in [2.05, 4.69) is 5.09 Å². The predicted molar refractivity (Wildman–Crippen MR) is 84.7 cm³/mol.